The van der Waals surface area contributed by atoms with Crippen molar-refractivity contribution in [2.45, 2.75) is 29.1 Å². The number of nitrogens with one attached hydrogen (secondary N) is 3. The van der Waals surface area contributed by atoms with Crippen molar-refractivity contribution in [2.75, 3.05) is 43.4 Å². The fraction of sp³-hybridized carbons (Fsp3) is 0.310. The zero-order chi connectivity index (χ0) is 30.8. The maximum Gasteiger partial charge on any atom is 0.323 e. The lowest BCUT2D eigenvalue weighted by Crippen LogP contribution is -2.49. The second-order valence-corrected chi connectivity index (χ2v) is 14.1. The summed E-state index contributed by atoms with van der Waals surface area (Å²) in [5.41, 5.74) is 2.62. The third kappa shape index (κ3) is 8.18. The highest BCUT2D eigenvalue weighted by Gasteiger charge is 2.27. The van der Waals surface area contributed by atoms with Crippen molar-refractivity contribution < 1.29 is 21.6 Å². The van der Waals surface area contributed by atoms with Crippen LogP contribution in [0.4, 0.5) is 16.2 Å². The Bertz CT molecular complexity index is 1730. The van der Waals surface area contributed by atoms with E-state index in [0.29, 0.717) is 33.9 Å². The molecule has 0 spiro atoms. The predicted molar refractivity (Wildman–Crippen MR) is 165 cm³/mol. The maximum absolute atomic E-state index is 13.0. The lowest BCUT2D eigenvalue weighted by atomic mass is 10.0. The van der Waals surface area contributed by atoms with Gasteiger partial charge in [0.05, 0.1) is 9.79 Å². The monoisotopic (exact) mass is 625 g/mol. The normalized spacial score (nSPS) is 16.1. The third-order valence-corrected chi connectivity index (χ3v) is 9.44. The van der Waals surface area contributed by atoms with Crippen LogP contribution in [0.2, 0.25) is 0 Å². The Morgan fingerprint density at radius 3 is 2.12 bits per heavy atom. The summed E-state index contributed by atoms with van der Waals surface area (Å²) in [7, 11) is -7.89. The zero-order valence-electron chi connectivity index (χ0n) is 23.5. The molecule has 43 heavy (non-hydrogen) atoms. The Labute approximate surface area is 251 Å². The number of anilines is 2. The third-order valence-electron chi connectivity index (χ3n) is 7.60. The number of benzene rings is 3. The number of hydrogen-bond donors (Lipinski definition) is 5. The number of carbonyl (C=O) groups is 1. The van der Waals surface area contributed by atoms with Crippen LogP contribution in [0.5, 0.6) is 0 Å². The number of piperazine rings is 1. The van der Waals surface area contributed by atoms with Crippen molar-refractivity contribution in [3.8, 4) is 0 Å². The van der Waals surface area contributed by atoms with E-state index in [1.807, 2.05) is 6.07 Å². The van der Waals surface area contributed by atoms with Gasteiger partial charge in [0.2, 0.25) is 20.0 Å². The van der Waals surface area contributed by atoms with Crippen molar-refractivity contribution in [3.05, 3.63) is 83.4 Å². The first kappa shape index (κ1) is 30.6. The van der Waals surface area contributed by atoms with E-state index in [-0.39, 0.29) is 16.2 Å². The molecule has 1 saturated carbocycles. The molecule has 0 radical (unpaired) electrons. The summed E-state index contributed by atoms with van der Waals surface area (Å²) in [6.45, 7) is 4.58. The van der Waals surface area contributed by atoms with Gasteiger partial charge >= 0.3 is 6.03 Å². The quantitative estimate of drug-likeness (QED) is 0.178. The van der Waals surface area contributed by atoms with Crippen LogP contribution in [-0.4, -0.2) is 71.2 Å². The van der Waals surface area contributed by atoms with Crippen LogP contribution in [0.25, 0.3) is 0 Å². The van der Waals surface area contributed by atoms with Gasteiger partial charge in [-0.05, 0) is 78.8 Å². The Morgan fingerprint density at radius 1 is 0.837 bits per heavy atom. The molecule has 12 nitrogen and oxygen atoms in total. The maximum atomic E-state index is 13.0. The first-order valence-corrected chi connectivity index (χ1v) is 17.0. The Hall–Kier alpha value is -3.82. The van der Waals surface area contributed by atoms with Gasteiger partial charge in [0.15, 0.2) is 0 Å². The zero-order valence-corrected chi connectivity index (χ0v) is 25.1. The van der Waals surface area contributed by atoms with Gasteiger partial charge in [0.1, 0.15) is 5.84 Å². The van der Waals surface area contributed by atoms with Crippen LogP contribution in [0.1, 0.15) is 29.5 Å². The molecule has 14 heteroatoms. The molecule has 3 aromatic rings. The van der Waals surface area contributed by atoms with Crippen molar-refractivity contribution in [1.29, 1.82) is 5.41 Å². The van der Waals surface area contributed by atoms with Crippen LogP contribution in [-0.2, 0) is 26.5 Å². The van der Waals surface area contributed by atoms with Crippen molar-refractivity contribution in [1.82, 2.24) is 9.80 Å². The number of urea groups is 1. The SMILES string of the molecule is N=C(c1cccc(NC(=O)Nc2ccc(S(N)(=O)=O)cc2Cc2ccc(S(N)(=O)=O)cc2)c1)N1CCN(CC2CC2)CC1. The minimum atomic E-state index is -4.02. The average molecular weight is 626 g/mol. The minimum absolute atomic E-state index is 0.0570. The molecule has 1 aliphatic heterocycles. The number of amides is 2. The Morgan fingerprint density at radius 2 is 1.49 bits per heavy atom. The van der Waals surface area contributed by atoms with Gasteiger partial charge in [-0.15, -0.1) is 0 Å². The minimum Gasteiger partial charge on any atom is -0.354 e. The fourth-order valence-corrected chi connectivity index (χ4v) is 6.14. The molecule has 0 bridgehead atoms. The molecule has 228 valence electrons. The lowest BCUT2D eigenvalue weighted by Gasteiger charge is -2.36. The standard InChI is InChI=1S/C29H35N7O5S2/c30-28(36-14-12-35(13-15-36)19-21-4-5-21)22-2-1-3-24(17-22)33-29(37)34-27-11-10-26(43(32,40)41)18-23(27)16-20-6-8-25(9-7-20)42(31,38)39/h1-3,6-11,17-18,21,30H,4-5,12-16,19H2,(H2,31,38,39)(H2,32,40,41)(H2,33,34,37). The van der Waals surface area contributed by atoms with Gasteiger partial charge in [-0.3, -0.25) is 10.3 Å². The highest BCUT2D eigenvalue weighted by molar-refractivity contribution is 7.89. The highest BCUT2D eigenvalue weighted by atomic mass is 32.2. The van der Waals surface area contributed by atoms with E-state index in [4.69, 9.17) is 15.7 Å². The van der Waals surface area contributed by atoms with Gasteiger partial charge in [-0.2, -0.15) is 0 Å². The summed E-state index contributed by atoms with van der Waals surface area (Å²) in [4.78, 5) is 17.4. The molecular formula is C29H35N7O5S2. The van der Waals surface area contributed by atoms with E-state index in [0.717, 1.165) is 38.6 Å². The van der Waals surface area contributed by atoms with Crippen LogP contribution in [0.3, 0.4) is 0 Å². The summed E-state index contributed by atoms with van der Waals surface area (Å²) in [6.07, 6.45) is 2.82. The first-order valence-electron chi connectivity index (χ1n) is 13.9. The summed E-state index contributed by atoms with van der Waals surface area (Å²) in [6, 6.07) is 16.5. The van der Waals surface area contributed by atoms with Crippen molar-refractivity contribution in [3.63, 3.8) is 0 Å². The lowest BCUT2D eigenvalue weighted by molar-refractivity contribution is 0.176. The fourth-order valence-electron chi connectivity index (χ4n) is 5.06. The molecule has 3 aromatic carbocycles. The molecule has 2 aliphatic rings. The van der Waals surface area contributed by atoms with Gasteiger partial charge in [-0.25, -0.2) is 31.9 Å². The summed E-state index contributed by atoms with van der Waals surface area (Å²) >= 11 is 0. The molecular weight excluding hydrogens is 590 g/mol. The Balaban J connectivity index is 1.27. The van der Waals surface area contributed by atoms with E-state index in [9.17, 15) is 21.6 Å². The second kappa shape index (κ2) is 12.4. The van der Waals surface area contributed by atoms with Crippen LogP contribution in [0, 0.1) is 11.3 Å². The number of hydrogen-bond acceptors (Lipinski definition) is 7. The summed E-state index contributed by atoms with van der Waals surface area (Å²) < 4.78 is 47.2. The average Bonchev–Trinajstić information content (AvgIpc) is 3.77. The summed E-state index contributed by atoms with van der Waals surface area (Å²) in [5, 5.41) is 24.8. The van der Waals surface area contributed by atoms with E-state index in [1.165, 1.54) is 43.2 Å². The second-order valence-electron chi connectivity index (χ2n) is 11.0. The van der Waals surface area contributed by atoms with E-state index < -0.39 is 26.1 Å². The number of nitrogens with zero attached hydrogens (tertiary/aromatic N) is 2. The van der Waals surface area contributed by atoms with Crippen LogP contribution < -0.4 is 20.9 Å². The topological polar surface area (TPSA) is 192 Å². The van der Waals surface area contributed by atoms with E-state index >= 15 is 0 Å². The van der Waals surface area contributed by atoms with Gasteiger partial charge in [0, 0.05) is 49.7 Å². The molecule has 1 heterocycles. The van der Waals surface area contributed by atoms with Gasteiger partial charge in [-0.1, -0.05) is 24.3 Å². The first-order chi connectivity index (χ1) is 20.3. The number of nitrogens with two attached hydrogens (primary N) is 2. The number of sulfonamides is 2. The molecule has 5 rings (SSSR count). The van der Waals surface area contributed by atoms with E-state index in [2.05, 4.69) is 20.4 Å². The van der Waals surface area contributed by atoms with E-state index in [1.54, 1.807) is 30.3 Å². The molecule has 2 fully saturated rings. The predicted octanol–water partition coefficient (Wildman–Crippen LogP) is 2.57. The molecule has 0 unspecified atom stereocenters. The van der Waals surface area contributed by atoms with Crippen LogP contribution in [0.15, 0.2) is 76.5 Å². The molecule has 1 saturated heterocycles. The number of carbonyl (C=O) groups excluding carboxylic acids is 1. The van der Waals surface area contributed by atoms with Gasteiger partial charge in [0.25, 0.3) is 0 Å². The molecule has 0 aromatic heterocycles. The molecule has 0 atom stereocenters. The summed E-state index contributed by atoms with van der Waals surface area (Å²) in [5.74, 6) is 1.25. The van der Waals surface area contributed by atoms with Crippen LogP contribution >= 0.6 is 0 Å². The van der Waals surface area contributed by atoms with Crippen molar-refractivity contribution >= 4 is 43.3 Å². The van der Waals surface area contributed by atoms with Crippen molar-refractivity contribution in [2.24, 2.45) is 16.2 Å². The molecule has 2 amide bonds. The smallest absolute Gasteiger partial charge is 0.323 e. The van der Waals surface area contributed by atoms with Gasteiger partial charge < -0.3 is 15.5 Å². The number of primary sulfonamides is 2. The molecule has 1 aliphatic carbocycles. The number of amidine groups is 1. The largest absolute Gasteiger partial charge is 0.354 e. The number of rotatable bonds is 9. The Kier molecular flexibility index (Phi) is 8.85. The highest BCUT2D eigenvalue weighted by Crippen LogP contribution is 2.30. The molecule has 7 N–H and O–H groups in total.